The van der Waals surface area contributed by atoms with Gasteiger partial charge in [-0.15, -0.1) is 11.8 Å². The first-order valence-electron chi connectivity index (χ1n) is 10.4. The molecule has 8 nitrogen and oxygen atoms in total. The highest BCUT2D eigenvalue weighted by molar-refractivity contribution is 7.98. The molecule has 0 aromatic heterocycles. The van der Waals surface area contributed by atoms with E-state index in [4.69, 9.17) is 14.2 Å². The van der Waals surface area contributed by atoms with E-state index in [2.05, 4.69) is 4.72 Å². The fourth-order valence-corrected chi connectivity index (χ4v) is 5.48. The summed E-state index contributed by atoms with van der Waals surface area (Å²) >= 11 is 1.41. The maximum absolute atomic E-state index is 13.1. The van der Waals surface area contributed by atoms with Gasteiger partial charge in [-0.05, 0) is 49.1 Å². The van der Waals surface area contributed by atoms with Gasteiger partial charge in [0.1, 0.15) is 13.2 Å². The monoisotopic (exact) mass is 478 g/mol. The number of nitrogens with zero attached hydrogens (tertiary/aromatic N) is 1. The van der Waals surface area contributed by atoms with Crippen molar-refractivity contribution in [1.29, 1.82) is 0 Å². The molecule has 2 aliphatic heterocycles. The molecule has 2 aromatic rings. The van der Waals surface area contributed by atoms with Gasteiger partial charge in [0.15, 0.2) is 11.5 Å². The molecule has 1 fully saturated rings. The number of sulfonamides is 1. The zero-order valence-corrected chi connectivity index (χ0v) is 19.6. The van der Waals surface area contributed by atoms with Gasteiger partial charge in [-0.2, -0.15) is 0 Å². The second-order valence-corrected chi connectivity index (χ2v) is 10.1. The molecule has 1 unspecified atom stereocenters. The maximum atomic E-state index is 13.1. The van der Waals surface area contributed by atoms with Crippen molar-refractivity contribution in [2.45, 2.75) is 22.8 Å². The van der Waals surface area contributed by atoms with Crippen LogP contribution in [0.3, 0.4) is 0 Å². The van der Waals surface area contributed by atoms with E-state index in [1.54, 1.807) is 30.0 Å². The molecule has 0 spiro atoms. The molecule has 0 aliphatic carbocycles. The summed E-state index contributed by atoms with van der Waals surface area (Å²) in [7, 11) is -3.87. The standard InChI is InChI=1S/C22H26N2O6S2/c1-15(16-3-5-19-20(13-16)30-12-11-29-19)23-32(26,27)17-4-6-21(31-2)18(14-17)22(25)24-7-9-28-10-8-24/h3-6,13-15,23H,7-12H2,1-2H3. The number of carbonyl (C=O) groups is 1. The predicted octanol–water partition coefficient (Wildman–Crippen LogP) is 2.69. The van der Waals surface area contributed by atoms with Gasteiger partial charge in [0.2, 0.25) is 10.0 Å². The number of benzene rings is 2. The molecule has 2 heterocycles. The molecule has 0 bridgehead atoms. The number of carbonyl (C=O) groups excluding carboxylic acids is 1. The number of amides is 1. The van der Waals surface area contributed by atoms with Gasteiger partial charge in [-0.25, -0.2) is 13.1 Å². The molecular formula is C22H26N2O6S2. The Morgan fingerprint density at radius 2 is 1.75 bits per heavy atom. The summed E-state index contributed by atoms with van der Waals surface area (Å²) in [5.74, 6) is 1.06. The number of ether oxygens (including phenoxy) is 3. The van der Waals surface area contributed by atoms with Crippen molar-refractivity contribution in [1.82, 2.24) is 9.62 Å². The highest BCUT2D eigenvalue weighted by atomic mass is 32.2. The summed E-state index contributed by atoms with van der Waals surface area (Å²) in [5.41, 5.74) is 1.14. The number of hydrogen-bond donors (Lipinski definition) is 1. The molecule has 1 amide bonds. The van der Waals surface area contributed by atoms with Gasteiger partial charge in [-0.1, -0.05) is 6.07 Å². The SMILES string of the molecule is CSc1ccc(S(=O)(=O)NC(C)c2ccc3c(c2)OCCO3)cc1C(=O)N1CCOCC1. The third-order valence-corrected chi connectivity index (χ3v) is 7.74. The number of thioether (sulfide) groups is 1. The Morgan fingerprint density at radius 1 is 1.03 bits per heavy atom. The van der Waals surface area contributed by atoms with E-state index in [1.165, 1.54) is 23.9 Å². The van der Waals surface area contributed by atoms with Gasteiger partial charge in [-0.3, -0.25) is 4.79 Å². The second-order valence-electron chi connectivity index (χ2n) is 7.51. The van der Waals surface area contributed by atoms with E-state index in [9.17, 15) is 13.2 Å². The van der Waals surface area contributed by atoms with Crippen LogP contribution in [0.2, 0.25) is 0 Å². The van der Waals surface area contributed by atoms with Gasteiger partial charge >= 0.3 is 0 Å². The number of nitrogens with one attached hydrogen (secondary N) is 1. The summed E-state index contributed by atoms with van der Waals surface area (Å²) < 4.78 is 45.4. The predicted molar refractivity (Wildman–Crippen MR) is 121 cm³/mol. The number of fused-ring (bicyclic) bond motifs is 1. The van der Waals surface area contributed by atoms with Gasteiger partial charge < -0.3 is 19.1 Å². The molecule has 2 aliphatic rings. The van der Waals surface area contributed by atoms with Crippen molar-refractivity contribution in [2.24, 2.45) is 0 Å². The van der Waals surface area contributed by atoms with Crippen molar-refractivity contribution in [3.63, 3.8) is 0 Å². The van der Waals surface area contributed by atoms with E-state index in [1.807, 2.05) is 12.3 Å². The lowest BCUT2D eigenvalue weighted by Crippen LogP contribution is -2.41. The first-order chi connectivity index (χ1) is 15.4. The van der Waals surface area contributed by atoms with Crippen molar-refractivity contribution in [3.05, 3.63) is 47.5 Å². The zero-order valence-electron chi connectivity index (χ0n) is 18.0. The molecule has 32 heavy (non-hydrogen) atoms. The van der Waals surface area contributed by atoms with Crippen LogP contribution in [0.25, 0.3) is 0 Å². The minimum atomic E-state index is -3.87. The largest absolute Gasteiger partial charge is 0.486 e. The first kappa shape index (κ1) is 22.9. The fourth-order valence-electron chi connectivity index (χ4n) is 3.66. The summed E-state index contributed by atoms with van der Waals surface area (Å²) in [6, 6.07) is 9.54. The van der Waals surface area contributed by atoms with Crippen molar-refractivity contribution in [2.75, 3.05) is 45.8 Å². The number of rotatable bonds is 6. The number of morpholine rings is 1. The van der Waals surface area contributed by atoms with E-state index in [-0.39, 0.29) is 10.8 Å². The highest BCUT2D eigenvalue weighted by Crippen LogP contribution is 2.33. The lowest BCUT2D eigenvalue weighted by Gasteiger charge is -2.27. The number of hydrogen-bond acceptors (Lipinski definition) is 7. The van der Waals surface area contributed by atoms with Crippen molar-refractivity contribution >= 4 is 27.7 Å². The Labute approximate surface area is 192 Å². The molecule has 1 saturated heterocycles. The van der Waals surface area contributed by atoms with Crippen molar-refractivity contribution < 1.29 is 27.4 Å². The Hall–Kier alpha value is -2.27. The summed E-state index contributed by atoms with van der Waals surface area (Å²) in [6.07, 6.45) is 1.86. The van der Waals surface area contributed by atoms with E-state index < -0.39 is 16.1 Å². The normalized spacial score (nSPS) is 17.1. The molecule has 172 valence electrons. The van der Waals surface area contributed by atoms with Crippen LogP contribution in [-0.4, -0.2) is 65.0 Å². The van der Waals surface area contributed by atoms with Crippen LogP contribution < -0.4 is 14.2 Å². The quantitative estimate of drug-likeness (QED) is 0.638. The highest BCUT2D eigenvalue weighted by Gasteiger charge is 2.25. The summed E-state index contributed by atoms with van der Waals surface area (Å²) in [5, 5.41) is 0. The van der Waals surface area contributed by atoms with Crippen LogP contribution in [0.5, 0.6) is 11.5 Å². The Balaban J connectivity index is 1.57. The van der Waals surface area contributed by atoms with Crippen LogP contribution in [0, 0.1) is 0 Å². The van der Waals surface area contributed by atoms with Crippen LogP contribution >= 0.6 is 11.8 Å². The smallest absolute Gasteiger partial charge is 0.255 e. The average Bonchev–Trinajstić information content (AvgIpc) is 2.83. The lowest BCUT2D eigenvalue weighted by atomic mass is 10.1. The molecule has 10 heteroatoms. The van der Waals surface area contributed by atoms with Crippen LogP contribution in [0.15, 0.2) is 46.2 Å². The molecule has 4 rings (SSSR count). The minimum absolute atomic E-state index is 0.0521. The molecule has 0 radical (unpaired) electrons. The Kier molecular flexibility index (Phi) is 6.94. The summed E-state index contributed by atoms with van der Waals surface area (Å²) in [6.45, 7) is 4.65. The summed E-state index contributed by atoms with van der Waals surface area (Å²) in [4.78, 5) is 15.5. The Morgan fingerprint density at radius 3 is 2.47 bits per heavy atom. The minimum Gasteiger partial charge on any atom is -0.486 e. The van der Waals surface area contributed by atoms with E-state index >= 15 is 0 Å². The Bertz CT molecular complexity index is 1100. The lowest BCUT2D eigenvalue weighted by molar-refractivity contribution is 0.0300. The first-order valence-corrected chi connectivity index (χ1v) is 13.1. The maximum Gasteiger partial charge on any atom is 0.255 e. The molecule has 2 aromatic carbocycles. The van der Waals surface area contributed by atoms with Gasteiger partial charge in [0.05, 0.1) is 23.7 Å². The van der Waals surface area contributed by atoms with E-state index in [0.717, 1.165) is 10.5 Å². The van der Waals surface area contributed by atoms with Gasteiger partial charge in [0, 0.05) is 24.0 Å². The van der Waals surface area contributed by atoms with E-state index in [0.29, 0.717) is 56.6 Å². The van der Waals surface area contributed by atoms with Crippen LogP contribution in [-0.2, 0) is 14.8 Å². The average molecular weight is 479 g/mol. The van der Waals surface area contributed by atoms with Gasteiger partial charge in [0.25, 0.3) is 5.91 Å². The fraction of sp³-hybridized carbons (Fsp3) is 0.409. The zero-order chi connectivity index (χ0) is 22.7. The third kappa shape index (κ3) is 4.88. The molecule has 1 atom stereocenters. The topological polar surface area (TPSA) is 94.2 Å². The third-order valence-electron chi connectivity index (χ3n) is 5.41. The molecule has 0 saturated carbocycles. The molecular weight excluding hydrogens is 452 g/mol. The second kappa shape index (κ2) is 9.70. The van der Waals surface area contributed by atoms with Crippen LogP contribution in [0.1, 0.15) is 28.9 Å². The van der Waals surface area contributed by atoms with Crippen LogP contribution in [0.4, 0.5) is 0 Å². The molecule has 1 N–H and O–H groups in total. The van der Waals surface area contributed by atoms with Crippen molar-refractivity contribution in [3.8, 4) is 11.5 Å².